The lowest BCUT2D eigenvalue weighted by Crippen LogP contribution is -2.50. The van der Waals surface area contributed by atoms with Gasteiger partial charge in [-0.05, 0) is 24.3 Å². The van der Waals surface area contributed by atoms with Crippen molar-refractivity contribution in [1.82, 2.24) is 5.32 Å². The molecule has 0 fully saturated rings. The topological polar surface area (TPSA) is 109 Å². The molecule has 0 aromatic heterocycles. The highest BCUT2D eigenvalue weighted by molar-refractivity contribution is 5.91. The molecule has 0 aliphatic carbocycles. The van der Waals surface area contributed by atoms with Gasteiger partial charge >= 0.3 is 6.03 Å². The Balaban J connectivity index is 1.54. The number of aliphatic hydroxyl groups excluding tert-OH is 1. The van der Waals surface area contributed by atoms with Gasteiger partial charge in [0.25, 0.3) is 0 Å². The molecule has 0 radical (unpaired) electrons. The Kier molecular flexibility index (Phi) is 7.42. The minimum Gasteiger partial charge on any atom is -0.497 e. The summed E-state index contributed by atoms with van der Waals surface area (Å²) in [5, 5.41) is 17.9. The summed E-state index contributed by atoms with van der Waals surface area (Å²) < 4.78 is 10.9. The molecule has 158 valence electrons. The first kappa shape index (κ1) is 21.4. The number of anilines is 2. The minimum absolute atomic E-state index is 0.102. The summed E-state index contributed by atoms with van der Waals surface area (Å²) in [7, 11) is 1.55. The van der Waals surface area contributed by atoms with Gasteiger partial charge in [0.05, 0.1) is 32.3 Å². The van der Waals surface area contributed by atoms with Crippen LogP contribution in [-0.4, -0.2) is 49.0 Å². The number of carbonyl (C=O) groups is 2. The fraction of sp³-hybridized carbons (Fsp3) is 0.273. The summed E-state index contributed by atoms with van der Waals surface area (Å²) in [5.41, 5.74) is 1.28. The first-order chi connectivity index (χ1) is 14.6. The number of nitrogens with one attached hydrogen (secondary N) is 3. The maximum absolute atomic E-state index is 12.3. The monoisotopic (exact) mass is 411 g/mol. The molecule has 0 unspecified atom stereocenters. The second-order valence-electron chi connectivity index (χ2n) is 6.75. The molecule has 4 N–H and O–H groups in total. The molecule has 8 nitrogen and oxygen atoms in total. The highest BCUT2D eigenvalue weighted by Crippen LogP contribution is 2.19. The fourth-order valence-corrected chi connectivity index (χ4v) is 3.07. The number of rotatable bonds is 7. The summed E-state index contributed by atoms with van der Waals surface area (Å²) >= 11 is 0. The molecule has 0 saturated heterocycles. The zero-order valence-corrected chi connectivity index (χ0v) is 16.6. The molecular formula is C22H25N3O5. The molecule has 30 heavy (non-hydrogen) atoms. The Morgan fingerprint density at radius 3 is 2.53 bits per heavy atom. The van der Waals surface area contributed by atoms with Gasteiger partial charge in [-0.2, -0.15) is 0 Å². The van der Waals surface area contributed by atoms with Crippen LogP contribution in [0.2, 0.25) is 0 Å². The van der Waals surface area contributed by atoms with Crippen molar-refractivity contribution < 1.29 is 24.2 Å². The van der Waals surface area contributed by atoms with E-state index < -0.39 is 24.3 Å². The van der Waals surface area contributed by atoms with E-state index in [1.54, 1.807) is 55.7 Å². The van der Waals surface area contributed by atoms with E-state index in [4.69, 9.17) is 9.47 Å². The van der Waals surface area contributed by atoms with Crippen LogP contribution in [-0.2, 0) is 9.53 Å². The van der Waals surface area contributed by atoms with E-state index in [1.165, 1.54) is 0 Å². The van der Waals surface area contributed by atoms with Crippen molar-refractivity contribution >= 4 is 23.3 Å². The lowest BCUT2D eigenvalue weighted by atomic mass is 10.0. The summed E-state index contributed by atoms with van der Waals surface area (Å²) in [5.74, 6) is 0.424. The quantitative estimate of drug-likeness (QED) is 0.524. The molecule has 8 heteroatoms. The second kappa shape index (κ2) is 10.4. The second-order valence-corrected chi connectivity index (χ2v) is 6.75. The van der Waals surface area contributed by atoms with E-state index >= 15 is 0 Å². The van der Waals surface area contributed by atoms with Crippen molar-refractivity contribution in [2.45, 2.75) is 24.7 Å². The maximum Gasteiger partial charge on any atom is 0.319 e. The summed E-state index contributed by atoms with van der Waals surface area (Å²) in [6.45, 7) is -0.300. The predicted molar refractivity (Wildman–Crippen MR) is 114 cm³/mol. The third-order valence-electron chi connectivity index (χ3n) is 4.53. The van der Waals surface area contributed by atoms with E-state index in [9.17, 15) is 14.7 Å². The number of para-hydroxylation sites is 1. The van der Waals surface area contributed by atoms with Gasteiger partial charge in [-0.25, -0.2) is 4.79 Å². The van der Waals surface area contributed by atoms with Crippen LogP contribution in [0.25, 0.3) is 0 Å². The number of urea groups is 1. The molecule has 0 saturated carbocycles. The highest BCUT2D eigenvalue weighted by atomic mass is 16.5. The third-order valence-corrected chi connectivity index (χ3v) is 4.53. The largest absolute Gasteiger partial charge is 0.497 e. The lowest BCUT2D eigenvalue weighted by Gasteiger charge is -2.31. The van der Waals surface area contributed by atoms with Gasteiger partial charge in [0, 0.05) is 17.4 Å². The van der Waals surface area contributed by atoms with Gasteiger partial charge in [0.1, 0.15) is 11.9 Å². The van der Waals surface area contributed by atoms with Crippen molar-refractivity contribution in [2.75, 3.05) is 24.4 Å². The average Bonchev–Trinajstić information content (AvgIpc) is 2.75. The summed E-state index contributed by atoms with van der Waals surface area (Å²) in [6, 6.07) is 15.1. The average molecular weight is 411 g/mol. The van der Waals surface area contributed by atoms with Crippen LogP contribution in [0.15, 0.2) is 66.7 Å². The van der Waals surface area contributed by atoms with E-state index in [1.807, 2.05) is 18.2 Å². The molecule has 2 aromatic rings. The zero-order valence-electron chi connectivity index (χ0n) is 16.6. The number of hydrogen-bond acceptors (Lipinski definition) is 5. The lowest BCUT2D eigenvalue weighted by molar-refractivity contribution is -0.120. The number of aliphatic hydroxyl groups is 1. The van der Waals surface area contributed by atoms with E-state index in [0.717, 1.165) is 0 Å². The molecule has 2 aromatic carbocycles. The number of benzene rings is 2. The molecule has 3 atom stereocenters. The summed E-state index contributed by atoms with van der Waals surface area (Å²) in [4.78, 5) is 24.5. The first-order valence-electron chi connectivity index (χ1n) is 9.58. The van der Waals surface area contributed by atoms with Gasteiger partial charge in [0.2, 0.25) is 5.91 Å². The van der Waals surface area contributed by atoms with E-state index in [2.05, 4.69) is 16.0 Å². The van der Waals surface area contributed by atoms with Crippen molar-refractivity contribution in [3.63, 3.8) is 0 Å². The Bertz CT molecular complexity index is 887. The number of ether oxygens (including phenoxy) is 2. The van der Waals surface area contributed by atoms with Crippen LogP contribution in [0, 0.1) is 0 Å². The number of carbonyl (C=O) groups excluding carboxylic acids is 2. The molecule has 0 spiro atoms. The minimum atomic E-state index is -0.666. The number of methoxy groups -OCH3 is 1. The molecule has 3 rings (SSSR count). The maximum atomic E-state index is 12.3. The van der Waals surface area contributed by atoms with Crippen molar-refractivity contribution in [3.8, 4) is 5.75 Å². The SMILES string of the molecule is COc1cccc(NC(=O)N[C@H]2C=C[C@@H](CC(=O)Nc3ccccc3)O[C@@H]2CO)c1. The van der Waals surface area contributed by atoms with Gasteiger partial charge in [-0.3, -0.25) is 4.79 Å². The van der Waals surface area contributed by atoms with Crippen molar-refractivity contribution in [2.24, 2.45) is 0 Å². The van der Waals surface area contributed by atoms with Crippen LogP contribution < -0.4 is 20.7 Å². The number of amides is 3. The van der Waals surface area contributed by atoms with Crippen molar-refractivity contribution in [3.05, 3.63) is 66.7 Å². The number of hydrogen-bond donors (Lipinski definition) is 4. The molecular weight excluding hydrogens is 386 g/mol. The van der Waals surface area contributed by atoms with Gasteiger partial charge < -0.3 is 30.5 Å². The van der Waals surface area contributed by atoms with Gasteiger partial charge in [-0.1, -0.05) is 36.4 Å². The Morgan fingerprint density at radius 2 is 1.80 bits per heavy atom. The van der Waals surface area contributed by atoms with Crippen LogP contribution in [0.1, 0.15) is 6.42 Å². The predicted octanol–water partition coefficient (Wildman–Crippen LogP) is 2.53. The van der Waals surface area contributed by atoms with E-state index in [-0.39, 0.29) is 18.9 Å². The van der Waals surface area contributed by atoms with Crippen LogP contribution in [0.4, 0.5) is 16.2 Å². The highest BCUT2D eigenvalue weighted by Gasteiger charge is 2.29. The Morgan fingerprint density at radius 1 is 1.03 bits per heavy atom. The molecule has 0 bridgehead atoms. The molecule has 1 aliphatic rings. The normalized spacial score (nSPS) is 20.3. The third kappa shape index (κ3) is 6.07. The first-order valence-corrected chi connectivity index (χ1v) is 9.58. The Labute approximate surface area is 174 Å². The van der Waals surface area contributed by atoms with Crippen LogP contribution >= 0.6 is 0 Å². The van der Waals surface area contributed by atoms with Gasteiger partial charge in [-0.15, -0.1) is 0 Å². The molecule has 3 amide bonds. The molecule has 1 aliphatic heterocycles. The smallest absolute Gasteiger partial charge is 0.319 e. The van der Waals surface area contributed by atoms with Crippen LogP contribution in [0.3, 0.4) is 0 Å². The standard InChI is InChI=1S/C22H25N3O5/c1-29-17-9-5-8-16(12-17)24-22(28)25-19-11-10-18(30-20(19)14-26)13-21(27)23-15-6-3-2-4-7-15/h2-12,18-20,26H,13-14H2,1H3,(H,23,27)(H2,24,25,28)/t18-,19-,20+/m0/s1. The molecule has 1 heterocycles. The summed E-state index contributed by atoms with van der Waals surface area (Å²) in [6.07, 6.45) is 2.39. The van der Waals surface area contributed by atoms with Crippen molar-refractivity contribution in [1.29, 1.82) is 0 Å². The van der Waals surface area contributed by atoms with Crippen LogP contribution in [0.5, 0.6) is 5.75 Å². The van der Waals surface area contributed by atoms with Gasteiger partial charge in [0.15, 0.2) is 0 Å². The fourth-order valence-electron chi connectivity index (χ4n) is 3.07. The zero-order chi connectivity index (χ0) is 21.3. The van der Waals surface area contributed by atoms with E-state index in [0.29, 0.717) is 17.1 Å². The Hall–Kier alpha value is -3.36.